The van der Waals surface area contributed by atoms with E-state index in [4.69, 9.17) is 0 Å². The number of nitrogens with zero attached hydrogens (tertiary/aromatic N) is 3. The zero-order valence-corrected chi connectivity index (χ0v) is 15.7. The number of hydrogen-bond acceptors (Lipinski definition) is 4. The second kappa shape index (κ2) is 6.53. The van der Waals surface area contributed by atoms with Crippen molar-refractivity contribution in [1.82, 2.24) is 14.5 Å². The minimum atomic E-state index is -0.0508. The van der Waals surface area contributed by atoms with Crippen LogP contribution in [0.1, 0.15) is 23.8 Å². The minimum absolute atomic E-state index is 0.0217. The van der Waals surface area contributed by atoms with E-state index in [1.165, 1.54) is 19.9 Å². The van der Waals surface area contributed by atoms with Gasteiger partial charge in [-0.1, -0.05) is 6.92 Å². The summed E-state index contributed by atoms with van der Waals surface area (Å²) in [6.07, 6.45) is 4.66. The molecule has 1 N–H and O–H groups in total. The second-order valence-electron chi connectivity index (χ2n) is 7.55. The predicted molar refractivity (Wildman–Crippen MR) is 98.3 cm³/mol. The van der Waals surface area contributed by atoms with Gasteiger partial charge < -0.3 is 9.80 Å². The van der Waals surface area contributed by atoms with Gasteiger partial charge >= 0.3 is 0 Å². The van der Waals surface area contributed by atoms with Crippen LogP contribution in [0.5, 0.6) is 0 Å². The molecule has 134 valence electrons. The Morgan fingerprint density at radius 3 is 2.92 bits per heavy atom. The molecule has 0 unspecified atom stereocenters. The van der Waals surface area contributed by atoms with Crippen molar-refractivity contribution in [2.24, 2.45) is 5.92 Å². The van der Waals surface area contributed by atoms with E-state index in [9.17, 15) is 9.59 Å². The van der Waals surface area contributed by atoms with Crippen molar-refractivity contribution in [2.45, 2.75) is 32.7 Å². The third-order valence-corrected chi connectivity index (χ3v) is 6.72. The molecule has 0 aromatic carbocycles. The van der Waals surface area contributed by atoms with Gasteiger partial charge in [-0.25, -0.2) is 4.98 Å². The minimum Gasteiger partial charge on any atom is -0.334 e. The average molecular weight is 361 g/mol. The van der Waals surface area contributed by atoms with Crippen LogP contribution in [0.15, 0.2) is 11.1 Å². The van der Waals surface area contributed by atoms with Crippen molar-refractivity contribution in [3.63, 3.8) is 0 Å². The summed E-state index contributed by atoms with van der Waals surface area (Å²) in [5, 5.41) is 0.755. The topological polar surface area (TPSA) is 59.6 Å². The lowest BCUT2D eigenvalue weighted by Gasteiger charge is -2.30. The Kier molecular flexibility index (Phi) is 4.37. The molecule has 4 rings (SSSR count). The number of thiophene rings is 1. The van der Waals surface area contributed by atoms with Crippen molar-refractivity contribution in [2.75, 3.05) is 33.2 Å². The van der Waals surface area contributed by atoms with E-state index >= 15 is 0 Å². The fourth-order valence-corrected chi connectivity index (χ4v) is 5.20. The van der Waals surface area contributed by atoms with Crippen molar-refractivity contribution >= 4 is 27.5 Å². The van der Waals surface area contributed by atoms with Gasteiger partial charge in [-0.2, -0.15) is 0 Å². The number of fused-ring (bicyclic) bond motifs is 3. The summed E-state index contributed by atoms with van der Waals surface area (Å²) in [5.74, 6) is 0.692. The molecule has 7 heteroatoms. The molecule has 0 radical (unpaired) electrons. The Labute approximate surface area is 151 Å². The van der Waals surface area contributed by atoms with E-state index < -0.39 is 0 Å². The fraction of sp³-hybridized carbons (Fsp3) is 0.611. The van der Waals surface area contributed by atoms with Crippen LogP contribution in [0.3, 0.4) is 0 Å². The number of aryl methyl sites for hydroxylation is 1. The summed E-state index contributed by atoms with van der Waals surface area (Å²) in [6.45, 7) is 5.82. The predicted octanol–water partition coefficient (Wildman–Crippen LogP) is -0.0603. The molecule has 2 aliphatic rings. The Balaban J connectivity index is 1.61. The quantitative estimate of drug-likeness (QED) is 0.815. The summed E-state index contributed by atoms with van der Waals surface area (Å²) in [5.41, 5.74) is 1.13. The van der Waals surface area contributed by atoms with Gasteiger partial charge in [0.15, 0.2) is 0 Å². The molecular weight excluding hydrogens is 336 g/mol. The number of carbonyl (C=O) groups is 1. The lowest BCUT2D eigenvalue weighted by atomic mass is 9.89. The number of nitrogens with one attached hydrogen (secondary N) is 1. The number of quaternary nitrogens is 1. The molecule has 2 aromatic rings. The van der Waals surface area contributed by atoms with Crippen LogP contribution in [0.25, 0.3) is 10.2 Å². The molecule has 2 aromatic heterocycles. The summed E-state index contributed by atoms with van der Waals surface area (Å²) >= 11 is 1.65. The van der Waals surface area contributed by atoms with Crippen LogP contribution in [0.2, 0.25) is 0 Å². The molecule has 1 amide bonds. The van der Waals surface area contributed by atoms with E-state index in [2.05, 4.69) is 19.0 Å². The second-order valence-corrected chi connectivity index (χ2v) is 8.63. The van der Waals surface area contributed by atoms with Crippen LogP contribution in [0, 0.1) is 5.92 Å². The smallest absolute Gasteiger partial charge is 0.262 e. The van der Waals surface area contributed by atoms with Gasteiger partial charge in [-0.15, -0.1) is 11.3 Å². The third-order valence-electron chi connectivity index (χ3n) is 5.56. The molecular formula is C18H25N4O2S+. The third kappa shape index (κ3) is 3.11. The zero-order chi connectivity index (χ0) is 17.6. The van der Waals surface area contributed by atoms with Gasteiger partial charge in [0.2, 0.25) is 5.91 Å². The van der Waals surface area contributed by atoms with Crippen molar-refractivity contribution in [3.05, 3.63) is 27.1 Å². The van der Waals surface area contributed by atoms with Gasteiger partial charge in [-0.05, 0) is 30.7 Å². The highest BCUT2D eigenvalue weighted by molar-refractivity contribution is 7.18. The Hall–Kier alpha value is -1.73. The van der Waals surface area contributed by atoms with Crippen LogP contribution >= 0.6 is 11.3 Å². The molecule has 1 saturated heterocycles. The SMILES string of the molecule is C[C@H]1CCc2c(sc3ncn(CC(=O)N4CC[NH+](C)CC4)c(=O)c23)C1. The van der Waals surface area contributed by atoms with Gasteiger partial charge in [-0.3, -0.25) is 14.2 Å². The van der Waals surface area contributed by atoms with Crippen molar-refractivity contribution < 1.29 is 9.69 Å². The monoisotopic (exact) mass is 361 g/mol. The highest BCUT2D eigenvalue weighted by Gasteiger charge is 2.25. The van der Waals surface area contributed by atoms with Gasteiger partial charge in [0.1, 0.15) is 11.4 Å². The number of rotatable bonds is 2. The molecule has 0 bridgehead atoms. The highest BCUT2D eigenvalue weighted by atomic mass is 32.1. The molecule has 1 atom stereocenters. The van der Waals surface area contributed by atoms with E-state index in [0.717, 1.165) is 55.7 Å². The summed E-state index contributed by atoms with van der Waals surface area (Å²) in [7, 11) is 2.14. The van der Waals surface area contributed by atoms with Crippen LogP contribution in [0.4, 0.5) is 0 Å². The standard InChI is InChI=1S/C18H24N4O2S/c1-12-3-4-13-14(9-12)25-17-16(13)18(24)22(11-19-17)10-15(23)21-7-5-20(2)6-8-21/h11-12H,3-10H2,1-2H3/p+1/t12-/m0/s1. The van der Waals surface area contributed by atoms with E-state index in [0.29, 0.717) is 5.92 Å². The number of likely N-dealkylation sites (N-methyl/N-ethyl adjacent to an activating group) is 1. The molecule has 0 saturated carbocycles. The summed E-state index contributed by atoms with van der Waals surface area (Å²) in [4.78, 5) is 35.5. The summed E-state index contributed by atoms with van der Waals surface area (Å²) < 4.78 is 1.50. The van der Waals surface area contributed by atoms with Crippen LogP contribution in [-0.2, 0) is 24.2 Å². The number of hydrogen-bond donors (Lipinski definition) is 1. The number of aromatic nitrogens is 2. The summed E-state index contributed by atoms with van der Waals surface area (Å²) in [6, 6.07) is 0. The zero-order valence-electron chi connectivity index (χ0n) is 14.9. The first-order valence-corrected chi connectivity index (χ1v) is 9.93. The molecule has 1 aliphatic carbocycles. The highest BCUT2D eigenvalue weighted by Crippen LogP contribution is 2.35. The average Bonchev–Trinajstić information content (AvgIpc) is 2.96. The Morgan fingerprint density at radius 2 is 2.16 bits per heavy atom. The van der Waals surface area contributed by atoms with Crippen LogP contribution in [-0.4, -0.2) is 53.6 Å². The number of amides is 1. The maximum Gasteiger partial charge on any atom is 0.262 e. The largest absolute Gasteiger partial charge is 0.334 e. The van der Waals surface area contributed by atoms with E-state index in [-0.39, 0.29) is 18.0 Å². The Morgan fingerprint density at radius 1 is 1.40 bits per heavy atom. The number of carbonyl (C=O) groups excluding carboxylic acids is 1. The molecule has 25 heavy (non-hydrogen) atoms. The first kappa shape index (κ1) is 16.7. The Bertz CT molecular complexity index is 864. The van der Waals surface area contributed by atoms with Gasteiger partial charge in [0.05, 0.1) is 44.9 Å². The number of piperazine rings is 1. The van der Waals surface area contributed by atoms with Gasteiger partial charge in [0, 0.05) is 4.88 Å². The molecule has 0 spiro atoms. The molecule has 3 heterocycles. The molecule has 1 fully saturated rings. The fourth-order valence-electron chi connectivity index (χ4n) is 3.86. The molecule has 1 aliphatic heterocycles. The van der Waals surface area contributed by atoms with Gasteiger partial charge in [0.25, 0.3) is 5.56 Å². The van der Waals surface area contributed by atoms with Crippen molar-refractivity contribution in [1.29, 1.82) is 0 Å². The van der Waals surface area contributed by atoms with Crippen LogP contribution < -0.4 is 10.5 Å². The first-order valence-electron chi connectivity index (χ1n) is 9.11. The van der Waals surface area contributed by atoms with E-state index in [1.807, 2.05) is 4.90 Å². The maximum absolute atomic E-state index is 13.0. The molecule has 6 nitrogen and oxygen atoms in total. The van der Waals surface area contributed by atoms with E-state index in [1.54, 1.807) is 17.7 Å². The lowest BCUT2D eigenvalue weighted by molar-refractivity contribution is -0.883. The van der Waals surface area contributed by atoms with Crippen molar-refractivity contribution in [3.8, 4) is 0 Å². The normalized spacial score (nSPS) is 21.5. The lowest BCUT2D eigenvalue weighted by Crippen LogP contribution is -3.12. The maximum atomic E-state index is 13.0. The first-order chi connectivity index (χ1) is 12.0.